The molecule has 0 bridgehead atoms. The van der Waals surface area contributed by atoms with Gasteiger partial charge in [0.25, 0.3) is 0 Å². The third-order valence-corrected chi connectivity index (χ3v) is 5.25. The fraction of sp³-hybridized carbons (Fsp3) is 0.333. The summed E-state index contributed by atoms with van der Waals surface area (Å²) >= 11 is 0. The zero-order chi connectivity index (χ0) is 25.4. The molecule has 0 radical (unpaired) electrons. The highest BCUT2D eigenvalue weighted by atomic mass is 19.4. The van der Waals surface area contributed by atoms with Crippen LogP contribution in [-0.4, -0.2) is 35.3 Å². The first-order valence-corrected chi connectivity index (χ1v) is 9.69. The van der Waals surface area contributed by atoms with Crippen LogP contribution in [0.15, 0.2) is 24.3 Å². The van der Waals surface area contributed by atoms with Crippen LogP contribution in [0.2, 0.25) is 0 Å². The van der Waals surface area contributed by atoms with Crippen molar-refractivity contribution in [2.24, 2.45) is 0 Å². The molecule has 2 amide bonds. The standard InChI is InChI=1S/C21H17F6N5O2/c1-11(33)32-9-12-3-4-14(5-13(12)10-32)31(2)18(34)8-29-19-15(7-28)16(20(22,23)24)6-17(30-19)21(25,26)27/h3-6H,8-10H2,1-2H3,(H,29,30). The lowest BCUT2D eigenvalue weighted by Crippen LogP contribution is -2.32. The van der Waals surface area contributed by atoms with Gasteiger partial charge in [-0.05, 0) is 29.3 Å². The van der Waals surface area contributed by atoms with Crippen LogP contribution in [-0.2, 0) is 35.0 Å². The summed E-state index contributed by atoms with van der Waals surface area (Å²) in [5, 5.41) is 11.3. The van der Waals surface area contributed by atoms with E-state index < -0.39 is 47.4 Å². The predicted octanol–water partition coefficient (Wildman–Crippen LogP) is 3.93. The van der Waals surface area contributed by atoms with Crippen LogP contribution in [0.3, 0.4) is 0 Å². The second kappa shape index (κ2) is 8.85. The number of alkyl halides is 6. The van der Waals surface area contributed by atoms with Crippen LogP contribution in [0, 0.1) is 11.3 Å². The molecule has 2 heterocycles. The van der Waals surface area contributed by atoms with E-state index in [4.69, 9.17) is 5.26 Å². The van der Waals surface area contributed by atoms with Gasteiger partial charge in [-0.25, -0.2) is 4.98 Å². The molecule has 0 aliphatic carbocycles. The van der Waals surface area contributed by atoms with Gasteiger partial charge in [-0.3, -0.25) is 9.59 Å². The van der Waals surface area contributed by atoms with Gasteiger partial charge in [0.05, 0.1) is 12.1 Å². The van der Waals surface area contributed by atoms with Crippen molar-refractivity contribution in [3.8, 4) is 6.07 Å². The van der Waals surface area contributed by atoms with Crippen LogP contribution in [0.1, 0.15) is 34.9 Å². The summed E-state index contributed by atoms with van der Waals surface area (Å²) in [6, 6.07) is 5.96. The van der Waals surface area contributed by atoms with Crippen molar-refractivity contribution in [2.75, 3.05) is 23.8 Å². The average molecular weight is 485 g/mol. The van der Waals surface area contributed by atoms with Crippen LogP contribution >= 0.6 is 0 Å². The third-order valence-electron chi connectivity index (χ3n) is 5.25. The van der Waals surface area contributed by atoms with Crippen LogP contribution in [0.5, 0.6) is 0 Å². The number of nitriles is 1. The van der Waals surface area contributed by atoms with Crippen molar-refractivity contribution < 1.29 is 35.9 Å². The SMILES string of the molecule is CC(=O)N1Cc2ccc(N(C)C(=O)CNc3nc(C(F)(F)F)cc(C(F)(F)F)c3C#N)cc2C1. The molecule has 7 nitrogen and oxygen atoms in total. The van der Waals surface area contributed by atoms with Gasteiger partial charge in [0.15, 0.2) is 0 Å². The Balaban J connectivity index is 1.83. The summed E-state index contributed by atoms with van der Waals surface area (Å²) in [6.07, 6.45) is -10.5. The number of nitrogens with zero attached hydrogens (tertiary/aromatic N) is 4. The Morgan fingerprint density at radius 3 is 2.32 bits per heavy atom. The Morgan fingerprint density at radius 1 is 1.12 bits per heavy atom. The first kappa shape index (κ1) is 24.8. The van der Waals surface area contributed by atoms with Crippen molar-refractivity contribution in [3.63, 3.8) is 0 Å². The summed E-state index contributed by atoms with van der Waals surface area (Å²) < 4.78 is 78.9. The number of halogens is 6. The fourth-order valence-electron chi connectivity index (χ4n) is 3.39. The fourth-order valence-corrected chi connectivity index (χ4v) is 3.39. The molecule has 1 aliphatic heterocycles. The molecule has 0 saturated carbocycles. The number of carbonyl (C=O) groups excluding carboxylic acids is 2. The number of anilines is 2. The van der Waals surface area contributed by atoms with Crippen molar-refractivity contribution in [1.29, 1.82) is 5.26 Å². The maximum absolute atomic E-state index is 13.2. The quantitative estimate of drug-likeness (QED) is 0.663. The Morgan fingerprint density at radius 2 is 1.76 bits per heavy atom. The molecule has 34 heavy (non-hydrogen) atoms. The molecule has 1 aliphatic rings. The number of rotatable bonds is 4. The van der Waals surface area contributed by atoms with E-state index in [9.17, 15) is 35.9 Å². The van der Waals surface area contributed by atoms with Crippen molar-refractivity contribution >= 4 is 23.3 Å². The Labute approximate surface area is 189 Å². The Bertz CT molecular complexity index is 1190. The largest absolute Gasteiger partial charge is 0.433 e. The van der Waals surface area contributed by atoms with E-state index in [1.165, 1.54) is 20.0 Å². The van der Waals surface area contributed by atoms with E-state index >= 15 is 0 Å². The lowest BCUT2D eigenvalue weighted by atomic mass is 10.1. The summed E-state index contributed by atoms with van der Waals surface area (Å²) in [5.41, 5.74) is -2.71. The van der Waals surface area contributed by atoms with Crippen molar-refractivity contribution in [2.45, 2.75) is 32.4 Å². The Hall–Kier alpha value is -3.82. The summed E-state index contributed by atoms with van der Waals surface area (Å²) in [7, 11) is 1.37. The molecule has 3 rings (SSSR count). The molecule has 0 spiro atoms. The highest BCUT2D eigenvalue weighted by Crippen LogP contribution is 2.38. The van der Waals surface area contributed by atoms with Crippen molar-refractivity contribution in [3.05, 3.63) is 52.2 Å². The lowest BCUT2D eigenvalue weighted by Gasteiger charge is -2.20. The van der Waals surface area contributed by atoms with Crippen molar-refractivity contribution in [1.82, 2.24) is 9.88 Å². The van der Waals surface area contributed by atoms with Gasteiger partial charge in [-0.15, -0.1) is 0 Å². The second-order valence-corrected chi connectivity index (χ2v) is 7.52. The number of aromatic nitrogens is 1. The number of likely N-dealkylation sites (N-methyl/N-ethyl adjacent to an activating group) is 1. The number of fused-ring (bicyclic) bond motifs is 1. The molecule has 1 aromatic heterocycles. The number of pyridine rings is 1. The summed E-state index contributed by atoms with van der Waals surface area (Å²) in [6.45, 7) is 1.46. The van der Waals surface area contributed by atoms with Gasteiger partial charge in [0, 0.05) is 32.7 Å². The zero-order valence-corrected chi connectivity index (χ0v) is 17.8. The van der Waals surface area contributed by atoms with Crippen LogP contribution in [0.4, 0.5) is 37.8 Å². The summed E-state index contributed by atoms with van der Waals surface area (Å²) in [5.74, 6) is -1.83. The zero-order valence-electron chi connectivity index (χ0n) is 17.8. The molecule has 0 unspecified atom stereocenters. The first-order chi connectivity index (χ1) is 15.7. The molecule has 1 N–H and O–H groups in total. The van der Waals surface area contributed by atoms with Gasteiger partial charge in [-0.1, -0.05) is 6.07 Å². The maximum atomic E-state index is 13.2. The van der Waals surface area contributed by atoms with Gasteiger partial charge >= 0.3 is 12.4 Å². The minimum absolute atomic E-state index is 0.119. The van der Waals surface area contributed by atoms with Gasteiger partial charge in [0.1, 0.15) is 23.1 Å². The van der Waals surface area contributed by atoms with E-state index in [0.717, 1.165) is 16.0 Å². The number of benzene rings is 1. The molecule has 0 atom stereocenters. The van der Waals surface area contributed by atoms with E-state index in [0.29, 0.717) is 18.8 Å². The maximum Gasteiger partial charge on any atom is 0.433 e. The molecule has 0 fully saturated rings. The van der Waals surface area contributed by atoms with E-state index in [-0.39, 0.29) is 12.0 Å². The minimum atomic E-state index is -5.25. The number of hydrogen-bond donors (Lipinski definition) is 1. The smallest absolute Gasteiger partial charge is 0.360 e. The van der Waals surface area contributed by atoms with Crippen LogP contribution in [0.25, 0.3) is 0 Å². The number of nitrogens with one attached hydrogen (secondary N) is 1. The van der Waals surface area contributed by atoms with E-state index in [2.05, 4.69) is 10.3 Å². The Kier molecular flexibility index (Phi) is 6.46. The molecule has 1 aromatic carbocycles. The van der Waals surface area contributed by atoms with Crippen LogP contribution < -0.4 is 10.2 Å². The predicted molar refractivity (Wildman–Crippen MR) is 107 cm³/mol. The average Bonchev–Trinajstić information content (AvgIpc) is 3.18. The first-order valence-electron chi connectivity index (χ1n) is 9.69. The molecule has 2 aromatic rings. The van der Waals surface area contributed by atoms with Gasteiger partial charge in [0.2, 0.25) is 11.8 Å². The summed E-state index contributed by atoms with van der Waals surface area (Å²) in [4.78, 5) is 30.0. The minimum Gasteiger partial charge on any atom is -0.360 e. The second-order valence-electron chi connectivity index (χ2n) is 7.52. The number of hydrogen-bond acceptors (Lipinski definition) is 5. The highest BCUT2D eigenvalue weighted by Gasteiger charge is 2.41. The van der Waals surface area contributed by atoms with E-state index in [1.54, 1.807) is 23.1 Å². The lowest BCUT2D eigenvalue weighted by molar-refractivity contribution is -0.145. The van der Waals surface area contributed by atoms with Gasteiger partial charge in [-0.2, -0.15) is 31.6 Å². The van der Waals surface area contributed by atoms with Gasteiger partial charge < -0.3 is 15.1 Å². The third kappa shape index (κ3) is 5.05. The molecule has 13 heteroatoms. The molecule has 180 valence electrons. The monoisotopic (exact) mass is 485 g/mol. The topological polar surface area (TPSA) is 89.3 Å². The highest BCUT2D eigenvalue weighted by molar-refractivity contribution is 5.95. The number of amides is 2. The normalized spacial score (nSPS) is 13.3. The molecular weight excluding hydrogens is 468 g/mol. The number of carbonyl (C=O) groups is 2. The van der Waals surface area contributed by atoms with E-state index in [1.807, 2.05) is 0 Å². The molecular formula is C21H17F6N5O2. The molecule has 0 saturated heterocycles.